The van der Waals surface area contributed by atoms with Crippen molar-refractivity contribution in [1.29, 1.82) is 0 Å². The smallest absolute Gasteiger partial charge is 0.243 e. The van der Waals surface area contributed by atoms with Gasteiger partial charge in [-0.3, -0.25) is 4.79 Å². The number of carbonyl (C=O) groups is 1. The number of hydrazone groups is 1. The minimum Gasteiger partial charge on any atom is -0.273 e. The maximum atomic E-state index is 11.5. The van der Waals surface area contributed by atoms with Crippen molar-refractivity contribution in [2.75, 3.05) is 0 Å². The Kier molecular flexibility index (Phi) is 4.97. The highest BCUT2D eigenvalue weighted by molar-refractivity contribution is 5.80. The van der Waals surface area contributed by atoms with Crippen LogP contribution in [0.2, 0.25) is 0 Å². The van der Waals surface area contributed by atoms with Crippen LogP contribution in [0.15, 0.2) is 17.3 Å². The summed E-state index contributed by atoms with van der Waals surface area (Å²) >= 11 is 0. The first-order valence-electron chi connectivity index (χ1n) is 5.29. The van der Waals surface area contributed by atoms with Crippen molar-refractivity contribution in [2.45, 2.75) is 39.0 Å². The van der Waals surface area contributed by atoms with Gasteiger partial charge in [0.05, 0.1) is 0 Å². The second kappa shape index (κ2) is 6.35. The fraction of sp³-hybridized carbons (Fsp3) is 0.636. The normalized spacial score (nSPS) is 19.2. The first-order valence-corrected chi connectivity index (χ1v) is 5.29. The quantitative estimate of drug-likeness (QED) is 0.543. The van der Waals surface area contributed by atoms with E-state index in [1.165, 1.54) is 19.3 Å². The maximum absolute atomic E-state index is 11.5. The predicted octanol–water partition coefficient (Wildman–Crippen LogP) is 2.24. The average molecular weight is 194 g/mol. The van der Waals surface area contributed by atoms with E-state index in [2.05, 4.69) is 10.5 Å². The average Bonchev–Trinajstić information content (AvgIpc) is 2.25. The molecule has 1 N–H and O–H groups in total. The Hall–Kier alpha value is -1.12. The van der Waals surface area contributed by atoms with Gasteiger partial charge < -0.3 is 0 Å². The minimum absolute atomic E-state index is 0.0745. The molecule has 1 aliphatic rings. The van der Waals surface area contributed by atoms with Crippen LogP contribution in [-0.2, 0) is 4.79 Å². The van der Waals surface area contributed by atoms with Gasteiger partial charge in [0.25, 0.3) is 0 Å². The number of allylic oxidation sites excluding steroid dienone is 2. The SMILES string of the molecule is C/C=C/C=N/NC(=O)C1CCCCC1. The second-order valence-electron chi connectivity index (χ2n) is 3.61. The van der Waals surface area contributed by atoms with Gasteiger partial charge in [0.1, 0.15) is 0 Å². The summed E-state index contributed by atoms with van der Waals surface area (Å²) in [5.74, 6) is 0.261. The van der Waals surface area contributed by atoms with E-state index in [9.17, 15) is 4.79 Å². The van der Waals surface area contributed by atoms with Gasteiger partial charge in [-0.25, -0.2) is 5.43 Å². The molecule has 0 radical (unpaired) electrons. The van der Waals surface area contributed by atoms with Gasteiger partial charge in [-0.15, -0.1) is 0 Å². The van der Waals surface area contributed by atoms with E-state index in [1.807, 2.05) is 13.0 Å². The molecular formula is C11H18N2O. The maximum Gasteiger partial charge on any atom is 0.243 e. The van der Waals surface area contributed by atoms with E-state index in [4.69, 9.17) is 0 Å². The van der Waals surface area contributed by atoms with Crippen LogP contribution in [0.1, 0.15) is 39.0 Å². The zero-order valence-corrected chi connectivity index (χ0v) is 8.70. The van der Waals surface area contributed by atoms with Crippen molar-refractivity contribution in [1.82, 2.24) is 5.43 Å². The van der Waals surface area contributed by atoms with Gasteiger partial charge in [-0.1, -0.05) is 25.3 Å². The number of nitrogens with one attached hydrogen (secondary N) is 1. The lowest BCUT2D eigenvalue weighted by Gasteiger charge is -2.19. The molecular weight excluding hydrogens is 176 g/mol. The lowest BCUT2D eigenvalue weighted by atomic mass is 9.89. The number of nitrogens with zero attached hydrogens (tertiary/aromatic N) is 1. The highest BCUT2D eigenvalue weighted by atomic mass is 16.2. The van der Waals surface area contributed by atoms with Gasteiger partial charge in [-0.05, 0) is 25.8 Å². The van der Waals surface area contributed by atoms with Gasteiger partial charge >= 0.3 is 0 Å². The number of rotatable bonds is 3. The van der Waals surface area contributed by atoms with E-state index < -0.39 is 0 Å². The molecule has 1 saturated carbocycles. The van der Waals surface area contributed by atoms with Crippen molar-refractivity contribution in [2.24, 2.45) is 11.0 Å². The van der Waals surface area contributed by atoms with Crippen LogP contribution in [0.3, 0.4) is 0 Å². The molecule has 3 nitrogen and oxygen atoms in total. The standard InChI is InChI=1S/C11H18N2O/c1-2-3-9-12-13-11(14)10-7-5-4-6-8-10/h2-3,9-10H,4-8H2,1H3,(H,13,14)/b3-2+,12-9+. The molecule has 0 saturated heterocycles. The molecule has 0 aliphatic heterocycles. The summed E-state index contributed by atoms with van der Waals surface area (Å²) in [6.07, 6.45) is 10.9. The Morgan fingerprint density at radius 1 is 1.36 bits per heavy atom. The Bertz CT molecular complexity index is 227. The second-order valence-corrected chi connectivity index (χ2v) is 3.61. The highest BCUT2D eigenvalue weighted by Crippen LogP contribution is 2.23. The van der Waals surface area contributed by atoms with Crippen LogP contribution in [0.25, 0.3) is 0 Å². The van der Waals surface area contributed by atoms with E-state index in [0.717, 1.165) is 12.8 Å². The van der Waals surface area contributed by atoms with Crippen molar-refractivity contribution >= 4 is 12.1 Å². The lowest BCUT2D eigenvalue weighted by Crippen LogP contribution is -2.28. The zero-order valence-electron chi connectivity index (χ0n) is 8.70. The zero-order chi connectivity index (χ0) is 10.2. The molecule has 0 spiro atoms. The first-order chi connectivity index (χ1) is 6.84. The first kappa shape index (κ1) is 11.0. The number of carbonyl (C=O) groups excluding carboxylic acids is 1. The molecule has 0 heterocycles. The Morgan fingerprint density at radius 3 is 2.71 bits per heavy atom. The summed E-state index contributed by atoms with van der Waals surface area (Å²) in [7, 11) is 0. The number of hydrogen-bond donors (Lipinski definition) is 1. The molecule has 0 aromatic carbocycles. The Balaban J connectivity index is 2.26. The molecule has 1 aliphatic carbocycles. The van der Waals surface area contributed by atoms with E-state index in [-0.39, 0.29) is 11.8 Å². The molecule has 0 bridgehead atoms. The molecule has 0 aromatic rings. The highest BCUT2D eigenvalue weighted by Gasteiger charge is 2.20. The largest absolute Gasteiger partial charge is 0.273 e. The molecule has 1 amide bonds. The van der Waals surface area contributed by atoms with E-state index in [1.54, 1.807) is 12.3 Å². The Labute approximate surface area is 85.3 Å². The molecule has 0 aromatic heterocycles. The molecule has 0 unspecified atom stereocenters. The van der Waals surface area contributed by atoms with Gasteiger partial charge in [0.15, 0.2) is 0 Å². The van der Waals surface area contributed by atoms with Crippen LogP contribution in [-0.4, -0.2) is 12.1 Å². The summed E-state index contributed by atoms with van der Waals surface area (Å²) in [5.41, 5.74) is 2.57. The summed E-state index contributed by atoms with van der Waals surface area (Å²) in [5, 5.41) is 3.82. The van der Waals surface area contributed by atoms with Crippen LogP contribution < -0.4 is 5.43 Å². The third-order valence-electron chi connectivity index (χ3n) is 2.50. The number of amides is 1. The van der Waals surface area contributed by atoms with Gasteiger partial charge in [-0.2, -0.15) is 5.10 Å². The molecule has 78 valence electrons. The summed E-state index contributed by atoms with van der Waals surface area (Å²) < 4.78 is 0. The van der Waals surface area contributed by atoms with Crippen LogP contribution in [0.5, 0.6) is 0 Å². The third-order valence-corrected chi connectivity index (χ3v) is 2.50. The van der Waals surface area contributed by atoms with Crippen molar-refractivity contribution in [3.8, 4) is 0 Å². The predicted molar refractivity (Wildman–Crippen MR) is 58.0 cm³/mol. The monoisotopic (exact) mass is 194 g/mol. The molecule has 0 atom stereocenters. The van der Waals surface area contributed by atoms with Crippen LogP contribution >= 0.6 is 0 Å². The summed E-state index contributed by atoms with van der Waals surface area (Å²) in [4.78, 5) is 11.5. The molecule has 1 rings (SSSR count). The molecule has 3 heteroatoms. The summed E-state index contributed by atoms with van der Waals surface area (Å²) in [6, 6.07) is 0. The third kappa shape index (κ3) is 3.73. The van der Waals surface area contributed by atoms with Gasteiger partial charge in [0, 0.05) is 12.1 Å². The lowest BCUT2D eigenvalue weighted by molar-refractivity contribution is -0.125. The van der Waals surface area contributed by atoms with Gasteiger partial charge in [0.2, 0.25) is 5.91 Å². The van der Waals surface area contributed by atoms with Crippen LogP contribution in [0.4, 0.5) is 0 Å². The molecule has 1 fully saturated rings. The van der Waals surface area contributed by atoms with E-state index in [0.29, 0.717) is 0 Å². The van der Waals surface area contributed by atoms with Crippen molar-refractivity contribution < 1.29 is 4.79 Å². The summed E-state index contributed by atoms with van der Waals surface area (Å²) in [6.45, 7) is 1.91. The fourth-order valence-electron chi connectivity index (χ4n) is 1.69. The van der Waals surface area contributed by atoms with Crippen molar-refractivity contribution in [3.05, 3.63) is 12.2 Å². The fourth-order valence-corrected chi connectivity index (χ4v) is 1.69. The Morgan fingerprint density at radius 2 is 2.07 bits per heavy atom. The van der Waals surface area contributed by atoms with Crippen molar-refractivity contribution in [3.63, 3.8) is 0 Å². The minimum atomic E-state index is 0.0745. The molecule has 14 heavy (non-hydrogen) atoms. The van der Waals surface area contributed by atoms with E-state index >= 15 is 0 Å². The topological polar surface area (TPSA) is 41.5 Å². The number of hydrogen-bond acceptors (Lipinski definition) is 2. The van der Waals surface area contributed by atoms with Crippen LogP contribution in [0, 0.1) is 5.92 Å².